The van der Waals surface area contributed by atoms with Crippen molar-refractivity contribution < 1.29 is 4.79 Å². The van der Waals surface area contributed by atoms with E-state index in [0.717, 1.165) is 34.5 Å². The number of aromatic amines is 1. The van der Waals surface area contributed by atoms with E-state index < -0.39 is 0 Å². The quantitative estimate of drug-likeness (QED) is 0.564. The minimum Gasteiger partial charge on any atom is -0.351 e. The van der Waals surface area contributed by atoms with E-state index in [2.05, 4.69) is 22.2 Å². The highest BCUT2D eigenvalue weighted by Gasteiger charge is 2.18. The number of fused-ring (bicyclic) bond motifs is 1. The number of nitrogens with two attached hydrogens (primary N) is 1. The number of thiophene rings is 1. The van der Waals surface area contributed by atoms with Crippen LogP contribution >= 0.6 is 35.5 Å². The van der Waals surface area contributed by atoms with Gasteiger partial charge in [-0.3, -0.25) is 9.59 Å². The second-order valence-corrected chi connectivity index (χ2v) is 9.05. The molecule has 4 N–H and O–H groups in total. The molecule has 0 saturated heterocycles. The molecule has 27 heavy (non-hydrogen) atoms. The lowest BCUT2D eigenvalue weighted by molar-refractivity contribution is -0.121. The van der Waals surface area contributed by atoms with Crippen LogP contribution in [0.25, 0.3) is 10.2 Å². The van der Waals surface area contributed by atoms with Crippen molar-refractivity contribution in [1.82, 2.24) is 15.3 Å². The Morgan fingerprint density at radius 3 is 2.74 bits per heavy atom. The maximum absolute atomic E-state index is 12.3. The summed E-state index contributed by atoms with van der Waals surface area (Å²) in [6.07, 6.45) is 3.03. The van der Waals surface area contributed by atoms with Gasteiger partial charge in [0.05, 0.1) is 16.4 Å². The highest BCUT2D eigenvalue weighted by atomic mass is 35.5. The van der Waals surface area contributed by atoms with E-state index in [1.807, 2.05) is 20.8 Å². The largest absolute Gasteiger partial charge is 0.351 e. The normalized spacial score (nSPS) is 13.2. The molecule has 2 atom stereocenters. The van der Waals surface area contributed by atoms with Crippen LogP contribution in [0, 0.1) is 13.8 Å². The smallest absolute Gasteiger partial charge is 0.259 e. The first kappa shape index (κ1) is 23.9. The van der Waals surface area contributed by atoms with Crippen LogP contribution in [0.2, 0.25) is 0 Å². The average molecular weight is 433 g/mol. The molecular formula is C18H29ClN4O2S2. The molecule has 0 aliphatic rings. The molecule has 2 aromatic rings. The predicted molar refractivity (Wildman–Crippen MR) is 118 cm³/mol. The summed E-state index contributed by atoms with van der Waals surface area (Å²) in [6.45, 7) is 8.37. The number of thioether (sulfide) groups is 1. The van der Waals surface area contributed by atoms with E-state index in [9.17, 15) is 9.59 Å². The summed E-state index contributed by atoms with van der Waals surface area (Å²) in [4.78, 5) is 33.9. The Labute approximate surface area is 174 Å². The molecule has 2 aromatic heterocycles. The van der Waals surface area contributed by atoms with E-state index in [0.29, 0.717) is 23.5 Å². The maximum Gasteiger partial charge on any atom is 0.259 e. The van der Waals surface area contributed by atoms with Crippen molar-refractivity contribution in [3.05, 3.63) is 26.6 Å². The summed E-state index contributed by atoms with van der Waals surface area (Å²) in [7, 11) is 0. The number of amides is 1. The molecule has 2 unspecified atom stereocenters. The van der Waals surface area contributed by atoms with Gasteiger partial charge in [0.25, 0.3) is 5.56 Å². The number of aryl methyl sites for hydroxylation is 2. The van der Waals surface area contributed by atoms with Gasteiger partial charge in [0, 0.05) is 17.5 Å². The fourth-order valence-corrected chi connectivity index (χ4v) is 4.48. The maximum atomic E-state index is 12.3. The predicted octanol–water partition coefficient (Wildman–Crippen LogP) is 3.28. The van der Waals surface area contributed by atoms with Gasteiger partial charge in [0.15, 0.2) is 0 Å². The van der Waals surface area contributed by atoms with Crippen molar-refractivity contribution in [3.63, 3.8) is 0 Å². The zero-order valence-corrected chi connectivity index (χ0v) is 18.7. The van der Waals surface area contributed by atoms with Crippen LogP contribution in [0.15, 0.2) is 4.79 Å². The standard InChI is InChI=1S/C18H28N4O2S2.ClH/c1-5-6-7-13(8-19)20-16(23)12(4)25-9-14-21-17(24)15-10(2)11(3)26-18(15)22-14;/h12-13H,5-9,19H2,1-4H3,(H,20,23)(H,21,22,24);1H. The molecule has 0 aromatic carbocycles. The number of nitrogens with zero attached hydrogens (tertiary/aromatic N) is 1. The summed E-state index contributed by atoms with van der Waals surface area (Å²) < 4.78 is 0. The number of nitrogens with one attached hydrogen (secondary N) is 2. The minimum absolute atomic E-state index is 0. The molecule has 0 spiro atoms. The van der Waals surface area contributed by atoms with E-state index >= 15 is 0 Å². The molecule has 0 bridgehead atoms. The third-order valence-corrected chi connectivity index (χ3v) is 6.72. The summed E-state index contributed by atoms with van der Waals surface area (Å²) in [5.74, 6) is 1.07. The van der Waals surface area contributed by atoms with Crippen LogP contribution in [0.4, 0.5) is 0 Å². The number of hydrogen-bond acceptors (Lipinski definition) is 6. The van der Waals surface area contributed by atoms with Gasteiger partial charge in [-0.1, -0.05) is 19.8 Å². The molecular weight excluding hydrogens is 404 g/mol. The third-order valence-electron chi connectivity index (χ3n) is 4.46. The fraction of sp³-hybridized carbons (Fsp3) is 0.611. The first-order valence-corrected chi connectivity index (χ1v) is 10.8. The minimum atomic E-state index is -0.238. The molecule has 1 amide bonds. The average Bonchev–Trinajstić information content (AvgIpc) is 2.90. The second-order valence-electron chi connectivity index (χ2n) is 6.51. The molecule has 0 aliphatic heterocycles. The van der Waals surface area contributed by atoms with E-state index in [1.54, 1.807) is 0 Å². The number of carbonyl (C=O) groups is 1. The highest BCUT2D eigenvalue weighted by Crippen LogP contribution is 2.26. The van der Waals surface area contributed by atoms with E-state index in [1.165, 1.54) is 23.1 Å². The Balaban J connectivity index is 0.00000364. The van der Waals surface area contributed by atoms with Gasteiger partial charge in [-0.25, -0.2) is 4.98 Å². The Morgan fingerprint density at radius 1 is 1.41 bits per heavy atom. The van der Waals surface area contributed by atoms with Crippen LogP contribution in [0.1, 0.15) is 49.4 Å². The first-order valence-electron chi connectivity index (χ1n) is 8.98. The Morgan fingerprint density at radius 2 is 2.11 bits per heavy atom. The Hall–Kier alpha value is -1.09. The number of hydrogen-bond donors (Lipinski definition) is 3. The fourth-order valence-electron chi connectivity index (χ4n) is 2.67. The molecule has 6 nitrogen and oxygen atoms in total. The zero-order chi connectivity index (χ0) is 19.3. The van der Waals surface area contributed by atoms with Crippen LogP contribution < -0.4 is 16.6 Å². The van der Waals surface area contributed by atoms with Crippen molar-refractivity contribution in [2.24, 2.45) is 5.73 Å². The summed E-state index contributed by atoms with van der Waals surface area (Å²) >= 11 is 2.99. The third kappa shape index (κ3) is 6.20. The monoisotopic (exact) mass is 432 g/mol. The topological polar surface area (TPSA) is 101 Å². The van der Waals surface area contributed by atoms with Crippen molar-refractivity contribution in [2.75, 3.05) is 6.54 Å². The van der Waals surface area contributed by atoms with Gasteiger partial charge >= 0.3 is 0 Å². The molecule has 9 heteroatoms. The van der Waals surface area contributed by atoms with Gasteiger partial charge in [-0.05, 0) is 32.8 Å². The van der Waals surface area contributed by atoms with Crippen molar-refractivity contribution in [2.45, 2.75) is 64.0 Å². The highest BCUT2D eigenvalue weighted by molar-refractivity contribution is 7.99. The lowest BCUT2D eigenvalue weighted by Crippen LogP contribution is -2.43. The number of carbonyl (C=O) groups excluding carboxylic acids is 1. The molecule has 0 aliphatic carbocycles. The Kier molecular flexibility index (Phi) is 9.80. The lowest BCUT2D eigenvalue weighted by Gasteiger charge is -2.19. The number of aromatic nitrogens is 2. The van der Waals surface area contributed by atoms with Crippen molar-refractivity contribution in [3.8, 4) is 0 Å². The molecule has 0 fully saturated rings. The van der Waals surface area contributed by atoms with Gasteiger partial charge in [-0.15, -0.1) is 35.5 Å². The summed E-state index contributed by atoms with van der Waals surface area (Å²) in [5, 5.41) is 3.45. The number of unbranched alkanes of at least 4 members (excludes halogenated alkanes) is 1. The number of rotatable bonds is 9. The van der Waals surface area contributed by atoms with Crippen LogP contribution in [-0.4, -0.2) is 33.7 Å². The first-order chi connectivity index (χ1) is 12.4. The van der Waals surface area contributed by atoms with Gasteiger partial charge in [0.1, 0.15) is 10.7 Å². The molecule has 0 radical (unpaired) electrons. The lowest BCUT2D eigenvalue weighted by atomic mass is 10.1. The van der Waals surface area contributed by atoms with Crippen LogP contribution in [0.5, 0.6) is 0 Å². The Bertz CT molecular complexity index is 822. The SMILES string of the molecule is CCCCC(CN)NC(=O)C(C)SCc1nc2sc(C)c(C)c2c(=O)[nH]1.Cl. The zero-order valence-electron chi connectivity index (χ0n) is 16.3. The summed E-state index contributed by atoms with van der Waals surface area (Å²) in [6, 6.07) is 0.0249. The second kappa shape index (κ2) is 11.0. The summed E-state index contributed by atoms with van der Waals surface area (Å²) in [5.41, 5.74) is 6.63. The van der Waals surface area contributed by atoms with Crippen LogP contribution in [0.3, 0.4) is 0 Å². The van der Waals surface area contributed by atoms with Crippen molar-refractivity contribution >= 4 is 51.6 Å². The van der Waals surface area contributed by atoms with Gasteiger partial charge < -0.3 is 16.0 Å². The molecule has 0 saturated carbocycles. The molecule has 2 heterocycles. The number of halogens is 1. The van der Waals surface area contributed by atoms with Gasteiger partial charge in [-0.2, -0.15) is 0 Å². The number of H-pyrrole nitrogens is 1. The molecule has 2 rings (SSSR count). The molecule has 152 valence electrons. The van der Waals surface area contributed by atoms with Gasteiger partial charge in [0.2, 0.25) is 5.91 Å². The van der Waals surface area contributed by atoms with E-state index in [-0.39, 0.29) is 35.2 Å². The van der Waals surface area contributed by atoms with Crippen molar-refractivity contribution in [1.29, 1.82) is 0 Å². The van der Waals surface area contributed by atoms with Crippen LogP contribution in [-0.2, 0) is 10.5 Å². The van der Waals surface area contributed by atoms with E-state index in [4.69, 9.17) is 5.73 Å².